The van der Waals surface area contributed by atoms with E-state index in [4.69, 9.17) is 0 Å². The van der Waals surface area contributed by atoms with Crippen LogP contribution < -0.4 is 4.90 Å². The predicted molar refractivity (Wildman–Crippen MR) is 82.0 cm³/mol. The lowest BCUT2D eigenvalue weighted by Crippen LogP contribution is -2.49. The highest BCUT2D eigenvalue weighted by molar-refractivity contribution is 5.81. The lowest BCUT2D eigenvalue weighted by Gasteiger charge is -2.38. The molecule has 0 spiro atoms. The summed E-state index contributed by atoms with van der Waals surface area (Å²) in [6, 6.07) is 6.97. The van der Waals surface area contributed by atoms with E-state index >= 15 is 0 Å². The number of benzene rings is 1. The number of ketones is 1. The first-order valence-corrected chi connectivity index (χ1v) is 7.98. The summed E-state index contributed by atoms with van der Waals surface area (Å²) in [4.78, 5) is 16.4. The summed E-state index contributed by atoms with van der Waals surface area (Å²) >= 11 is 0. The average molecular weight is 290 g/mol. The van der Waals surface area contributed by atoms with Crippen molar-refractivity contribution in [2.75, 3.05) is 37.6 Å². The van der Waals surface area contributed by atoms with Crippen molar-refractivity contribution in [3.63, 3.8) is 0 Å². The van der Waals surface area contributed by atoms with Crippen LogP contribution in [0.25, 0.3) is 0 Å². The number of carbonyl (C=O) groups excluding carboxylic acids is 1. The molecule has 1 aromatic carbocycles. The minimum Gasteiger partial charge on any atom is -0.367 e. The number of rotatable bonds is 3. The Bertz CT molecular complexity index is 497. The Balaban J connectivity index is 1.53. The summed E-state index contributed by atoms with van der Waals surface area (Å²) in [5.74, 6) is 0.532. The molecule has 21 heavy (non-hydrogen) atoms. The number of hydrogen-bond donors (Lipinski definition) is 0. The third kappa shape index (κ3) is 3.43. The summed E-state index contributed by atoms with van der Waals surface area (Å²) in [5.41, 5.74) is 0.700. The van der Waals surface area contributed by atoms with Crippen LogP contribution in [0.4, 0.5) is 10.1 Å². The van der Waals surface area contributed by atoms with Crippen molar-refractivity contribution in [3.8, 4) is 0 Å². The SMILES string of the molecule is O=C1CCCCC1CN1CCN(c2ccccc2F)CC1. The number of nitrogens with zero attached hydrogens (tertiary/aromatic N) is 2. The van der Waals surface area contributed by atoms with Crippen LogP contribution in [-0.2, 0) is 4.79 Å². The van der Waals surface area contributed by atoms with E-state index < -0.39 is 0 Å². The van der Waals surface area contributed by atoms with Gasteiger partial charge in [-0.25, -0.2) is 4.39 Å². The molecule has 4 heteroatoms. The van der Waals surface area contributed by atoms with Gasteiger partial charge in [0.25, 0.3) is 0 Å². The van der Waals surface area contributed by atoms with Crippen LogP contribution in [0.1, 0.15) is 25.7 Å². The zero-order chi connectivity index (χ0) is 14.7. The number of Topliss-reactive ketones (excluding diaryl/α,β-unsaturated/α-hetero) is 1. The van der Waals surface area contributed by atoms with Crippen molar-refractivity contribution in [2.24, 2.45) is 5.92 Å². The van der Waals surface area contributed by atoms with E-state index in [2.05, 4.69) is 9.80 Å². The number of hydrogen-bond acceptors (Lipinski definition) is 3. The Morgan fingerprint density at radius 3 is 2.57 bits per heavy atom. The molecule has 2 aliphatic rings. The maximum Gasteiger partial charge on any atom is 0.146 e. The molecule has 3 rings (SSSR count). The number of para-hydroxylation sites is 1. The van der Waals surface area contributed by atoms with E-state index in [1.807, 2.05) is 12.1 Å². The van der Waals surface area contributed by atoms with Crippen LogP contribution >= 0.6 is 0 Å². The molecular formula is C17H23FN2O. The van der Waals surface area contributed by atoms with Gasteiger partial charge in [-0.05, 0) is 25.0 Å². The number of anilines is 1. The normalized spacial score (nSPS) is 24.3. The highest BCUT2D eigenvalue weighted by Crippen LogP contribution is 2.24. The molecule has 1 aliphatic carbocycles. The number of halogens is 1. The number of carbonyl (C=O) groups is 1. The minimum atomic E-state index is -0.145. The first-order chi connectivity index (χ1) is 10.2. The Kier molecular flexibility index (Phi) is 4.54. The van der Waals surface area contributed by atoms with Gasteiger partial charge in [0.05, 0.1) is 5.69 Å². The second-order valence-electron chi connectivity index (χ2n) is 6.15. The molecule has 1 aliphatic heterocycles. The molecule has 114 valence electrons. The Morgan fingerprint density at radius 1 is 1.10 bits per heavy atom. The molecule has 0 radical (unpaired) electrons. The molecule has 0 bridgehead atoms. The van der Waals surface area contributed by atoms with Gasteiger partial charge in [-0.2, -0.15) is 0 Å². The van der Waals surface area contributed by atoms with Crippen molar-refractivity contribution in [1.82, 2.24) is 4.90 Å². The molecule has 1 saturated heterocycles. The van der Waals surface area contributed by atoms with Gasteiger partial charge < -0.3 is 4.90 Å². The zero-order valence-electron chi connectivity index (χ0n) is 12.4. The third-order valence-corrected chi connectivity index (χ3v) is 4.73. The predicted octanol–water partition coefficient (Wildman–Crippen LogP) is 2.71. The quantitative estimate of drug-likeness (QED) is 0.855. The molecule has 0 aromatic heterocycles. The summed E-state index contributed by atoms with van der Waals surface area (Å²) in [6.07, 6.45) is 4.06. The van der Waals surface area contributed by atoms with E-state index in [-0.39, 0.29) is 11.7 Å². The second-order valence-corrected chi connectivity index (χ2v) is 6.15. The zero-order valence-corrected chi connectivity index (χ0v) is 12.4. The summed E-state index contributed by atoms with van der Waals surface area (Å²) < 4.78 is 13.8. The molecule has 1 saturated carbocycles. The van der Waals surface area contributed by atoms with Crippen LogP contribution in [-0.4, -0.2) is 43.4 Å². The fourth-order valence-corrected chi connectivity index (χ4v) is 3.44. The van der Waals surface area contributed by atoms with E-state index in [1.54, 1.807) is 6.07 Å². The monoisotopic (exact) mass is 290 g/mol. The topological polar surface area (TPSA) is 23.6 Å². The second kappa shape index (κ2) is 6.56. The standard InChI is InChI=1S/C17H23FN2O/c18-15-6-2-3-7-16(15)20-11-9-19(10-12-20)13-14-5-1-4-8-17(14)21/h2-3,6-7,14H,1,4-5,8-13H2. The van der Waals surface area contributed by atoms with Gasteiger partial charge >= 0.3 is 0 Å². The maximum atomic E-state index is 13.8. The Hall–Kier alpha value is -1.42. The summed E-state index contributed by atoms with van der Waals surface area (Å²) in [7, 11) is 0. The minimum absolute atomic E-state index is 0.145. The molecule has 1 atom stereocenters. The molecule has 1 unspecified atom stereocenters. The van der Waals surface area contributed by atoms with Crippen LogP contribution in [0.5, 0.6) is 0 Å². The van der Waals surface area contributed by atoms with Crippen LogP contribution in [0, 0.1) is 11.7 Å². The van der Waals surface area contributed by atoms with E-state index in [0.29, 0.717) is 11.5 Å². The van der Waals surface area contributed by atoms with Gasteiger partial charge in [0, 0.05) is 45.1 Å². The molecule has 0 N–H and O–H groups in total. The van der Waals surface area contributed by atoms with Crippen LogP contribution in [0.15, 0.2) is 24.3 Å². The van der Waals surface area contributed by atoms with Gasteiger partial charge in [0.15, 0.2) is 0 Å². The van der Waals surface area contributed by atoms with Gasteiger partial charge in [-0.15, -0.1) is 0 Å². The van der Waals surface area contributed by atoms with Gasteiger partial charge in [0.1, 0.15) is 11.6 Å². The maximum absolute atomic E-state index is 13.8. The Morgan fingerprint density at radius 2 is 1.86 bits per heavy atom. The molecule has 2 fully saturated rings. The van der Waals surface area contributed by atoms with Gasteiger partial charge in [-0.1, -0.05) is 18.6 Å². The van der Waals surface area contributed by atoms with Crippen molar-refractivity contribution in [1.29, 1.82) is 0 Å². The third-order valence-electron chi connectivity index (χ3n) is 4.73. The van der Waals surface area contributed by atoms with Crippen molar-refractivity contribution in [3.05, 3.63) is 30.1 Å². The van der Waals surface area contributed by atoms with E-state index in [0.717, 1.165) is 52.0 Å². The highest BCUT2D eigenvalue weighted by Gasteiger charge is 2.26. The summed E-state index contributed by atoms with van der Waals surface area (Å²) in [5, 5.41) is 0. The highest BCUT2D eigenvalue weighted by atomic mass is 19.1. The first-order valence-electron chi connectivity index (χ1n) is 7.98. The first kappa shape index (κ1) is 14.5. The van der Waals surface area contributed by atoms with E-state index in [9.17, 15) is 9.18 Å². The largest absolute Gasteiger partial charge is 0.367 e. The van der Waals surface area contributed by atoms with E-state index in [1.165, 1.54) is 12.5 Å². The molecule has 3 nitrogen and oxygen atoms in total. The fraction of sp³-hybridized carbons (Fsp3) is 0.588. The van der Waals surface area contributed by atoms with Crippen LogP contribution in [0.2, 0.25) is 0 Å². The smallest absolute Gasteiger partial charge is 0.146 e. The van der Waals surface area contributed by atoms with Gasteiger partial charge in [-0.3, -0.25) is 9.69 Å². The van der Waals surface area contributed by atoms with Crippen molar-refractivity contribution < 1.29 is 9.18 Å². The molecule has 1 heterocycles. The number of piperazine rings is 1. The molecule has 1 aromatic rings. The molecular weight excluding hydrogens is 267 g/mol. The van der Waals surface area contributed by atoms with Crippen LogP contribution in [0.3, 0.4) is 0 Å². The lowest BCUT2D eigenvalue weighted by molar-refractivity contribution is -0.125. The summed E-state index contributed by atoms with van der Waals surface area (Å²) in [6.45, 7) is 4.39. The molecule has 0 amide bonds. The van der Waals surface area contributed by atoms with Crippen molar-refractivity contribution in [2.45, 2.75) is 25.7 Å². The van der Waals surface area contributed by atoms with Gasteiger partial charge in [0.2, 0.25) is 0 Å². The fourth-order valence-electron chi connectivity index (χ4n) is 3.44. The lowest BCUT2D eigenvalue weighted by atomic mass is 9.87. The Labute approximate surface area is 125 Å². The van der Waals surface area contributed by atoms with Crippen molar-refractivity contribution >= 4 is 11.5 Å². The average Bonchev–Trinajstić information content (AvgIpc) is 2.51.